The number of nitrogens with zero attached hydrogens (tertiary/aromatic N) is 3. The van der Waals surface area contributed by atoms with Gasteiger partial charge in [-0.3, -0.25) is 9.59 Å². The van der Waals surface area contributed by atoms with Crippen molar-refractivity contribution in [2.75, 3.05) is 26.2 Å². The van der Waals surface area contributed by atoms with Gasteiger partial charge in [0.25, 0.3) is 0 Å². The Kier molecular flexibility index (Phi) is 7.06. The molecule has 0 spiro atoms. The molecule has 3 fully saturated rings. The molecule has 2 amide bonds. The molecule has 1 aliphatic carbocycles. The van der Waals surface area contributed by atoms with Crippen LogP contribution in [0.25, 0.3) is 0 Å². The van der Waals surface area contributed by atoms with Crippen LogP contribution in [0.1, 0.15) is 62.2 Å². The molecule has 2 saturated heterocycles. The van der Waals surface area contributed by atoms with Gasteiger partial charge in [0.05, 0.1) is 12.6 Å². The third kappa shape index (κ3) is 4.87. The average Bonchev–Trinajstić information content (AvgIpc) is 3.49. The van der Waals surface area contributed by atoms with Gasteiger partial charge < -0.3 is 15.1 Å². The Hall–Kier alpha value is -1.91. The zero-order valence-electron chi connectivity index (χ0n) is 17.6. The molecule has 1 atom stereocenters. The van der Waals surface area contributed by atoms with E-state index < -0.39 is 0 Å². The molecule has 7 heteroatoms. The fourth-order valence-corrected chi connectivity index (χ4v) is 6.14. The minimum atomic E-state index is -0.253. The quantitative estimate of drug-likeness (QED) is 0.782. The monoisotopic (exact) mass is 428 g/mol. The molecule has 0 radical (unpaired) electrons. The van der Waals surface area contributed by atoms with E-state index in [1.54, 1.807) is 4.90 Å². The number of amides is 2. The van der Waals surface area contributed by atoms with Crippen LogP contribution in [0, 0.1) is 17.2 Å². The Bertz CT molecular complexity index is 759. The van der Waals surface area contributed by atoms with Gasteiger partial charge in [-0.2, -0.15) is 5.26 Å². The van der Waals surface area contributed by atoms with Gasteiger partial charge in [-0.05, 0) is 68.7 Å². The number of carbonyl (C=O) groups is 2. The van der Waals surface area contributed by atoms with Crippen molar-refractivity contribution in [1.82, 2.24) is 15.1 Å². The summed E-state index contributed by atoms with van der Waals surface area (Å²) in [6.45, 7) is 2.76. The minimum absolute atomic E-state index is 0.0332. The molecule has 1 saturated carbocycles. The highest BCUT2D eigenvalue weighted by Gasteiger charge is 2.33. The highest BCUT2D eigenvalue weighted by Crippen LogP contribution is 2.33. The third-order valence-electron chi connectivity index (χ3n) is 7.09. The maximum absolute atomic E-state index is 13.0. The summed E-state index contributed by atoms with van der Waals surface area (Å²) in [5, 5.41) is 14.7. The number of nitriles is 1. The fraction of sp³-hybridized carbons (Fsp3) is 0.696. The lowest BCUT2D eigenvalue weighted by Crippen LogP contribution is -2.46. The first-order chi connectivity index (χ1) is 14.7. The van der Waals surface area contributed by atoms with Crippen LogP contribution in [0.15, 0.2) is 17.5 Å². The molecule has 3 aliphatic rings. The summed E-state index contributed by atoms with van der Waals surface area (Å²) in [7, 11) is 0. The van der Waals surface area contributed by atoms with Crippen molar-refractivity contribution in [2.45, 2.75) is 69.4 Å². The maximum atomic E-state index is 13.0. The van der Waals surface area contributed by atoms with Crippen molar-refractivity contribution in [3.05, 3.63) is 22.4 Å². The van der Waals surface area contributed by atoms with E-state index in [0.29, 0.717) is 31.0 Å². The number of nitrogens with one attached hydrogen (secondary N) is 1. The van der Waals surface area contributed by atoms with Gasteiger partial charge in [-0.15, -0.1) is 11.3 Å². The number of thiophene rings is 1. The summed E-state index contributed by atoms with van der Waals surface area (Å²) in [5.41, 5.74) is 0. The molecule has 6 nitrogen and oxygen atoms in total. The van der Waals surface area contributed by atoms with Crippen LogP contribution in [0.3, 0.4) is 0 Å². The second-order valence-corrected chi connectivity index (χ2v) is 9.90. The summed E-state index contributed by atoms with van der Waals surface area (Å²) < 4.78 is 0. The van der Waals surface area contributed by atoms with Gasteiger partial charge >= 0.3 is 0 Å². The van der Waals surface area contributed by atoms with Crippen molar-refractivity contribution in [1.29, 1.82) is 5.26 Å². The van der Waals surface area contributed by atoms with Crippen molar-refractivity contribution in [3.8, 4) is 6.07 Å². The first-order valence-corrected chi connectivity index (χ1v) is 12.3. The van der Waals surface area contributed by atoms with Gasteiger partial charge in [-0.1, -0.05) is 6.07 Å². The zero-order chi connectivity index (χ0) is 20.9. The van der Waals surface area contributed by atoms with Crippen molar-refractivity contribution < 1.29 is 9.59 Å². The molecule has 0 bridgehead atoms. The number of hydrogen-bond acceptors (Lipinski definition) is 5. The third-order valence-corrected chi connectivity index (χ3v) is 8.13. The van der Waals surface area contributed by atoms with E-state index in [1.807, 2.05) is 11.3 Å². The van der Waals surface area contributed by atoms with E-state index in [0.717, 1.165) is 64.5 Å². The molecule has 1 aromatic heterocycles. The Morgan fingerprint density at radius 1 is 1.10 bits per heavy atom. The molecule has 0 aromatic carbocycles. The van der Waals surface area contributed by atoms with E-state index in [1.165, 1.54) is 4.88 Å². The highest BCUT2D eigenvalue weighted by atomic mass is 32.1. The van der Waals surface area contributed by atoms with E-state index >= 15 is 0 Å². The van der Waals surface area contributed by atoms with E-state index in [2.05, 4.69) is 33.8 Å². The summed E-state index contributed by atoms with van der Waals surface area (Å²) >= 11 is 1.83. The summed E-state index contributed by atoms with van der Waals surface area (Å²) in [5.74, 6) is 1.12. The molecule has 4 rings (SSSR count). The van der Waals surface area contributed by atoms with Gasteiger partial charge in [0.15, 0.2) is 0 Å². The van der Waals surface area contributed by atoms with E-state index in [9.17, 15) is 9.59 Å². The van der Waals surface area contributed by atoms with Crippen molar-refractivity contribution >= 4 is 23.2 Å². The van der Waals surface area contributed by atoms with Gasteiger partial charge in [-0.25, -0.2) is 0 Å². The second kappa shape index (κ2) is 9.93. The number of rotatable bonds is 5. The number of carbonyl (C=O) groups excluding carboxylic acids is 2. The van der Waals surface area contributed by atoms with Crippen LogP contribution < -0.4 is 5.32 Å². The van der Waals surface area contributed by atoms with Crippen LogP contribution in [0.4, 0.5) is 0 Å². The Balaban J connectivity index is 1.17. The van der Waals surface area contributed by atoms with Gasteiger partial charge in [0, 0.05) is 36.5 Å². The van der Waals surface area contributed by atoms with Crippen molar-refractivity contribution in [3.63, 3.8) is 0 Å². The summed E-state index contributed by atoms with van der Waals surface area (Å²) in [6.07, 6.45) is 7.55. The van der Waals surface area contributed by atoms with Crippen LogP contribution in [0.2, 0.25) is 0 Å². The molecule has 30 heavy (non-hydrogen) atoms. The average molecular weight is 429 g/mol. The Labute approximate surface area is 183 Å². The van der Waals surface area contributed by atoms with Crippen LogP contribution >= 0.6 is 11.3 Å². The number of hydrogen-bond donors (Lipinski definition) is 1. The molecule has 0 unspecified atom stereocenters. The van der Waals surface area contributed by atoms with Crippen LogP contribution in [0.5, 0.6) is 0 Å². The number of likely N-dealkylation sites (tertiary alicyclic amines) is 2. The fourth-order valence-electron chi connectivity index (χ4n) is 5.24. The number of piperidine rings is 1. The normalized spacial score (nSPS) is 27.8. The predicted octanol–water partition coefficient (Wildman–Crippen LogP) is 3.12. The Morgan fingerprint density at radius 3 is 2.53 bits per heavy atom. The van der Waals surface area contributed by atoms with Crippen LogP contribution in [-0.2, 0) is 9.59 Å². The first kappa shape index (κ1) is 21.3. The lowest BCUT2D eigenvalue weighted by Gasteiger charge is -2.36. The molecule has 1 N–H and O–H groups in total. The lowest BCUT2D eigenvalue weighted by molar-refractivity contribution is -0.138. The first-order valence-electron chi connectivity index (χ1n) is 11.4. The molecular weight excluding hydrogens is 396 g/mol. The molecular formula is C23H32N4O2S. The lowest BCUT2D eigenvalue weighted by atomic mass is 9.84. The second-order valence-electron chi connectivity index (χ2n) is 8.92. The zero-order valence-corrected chi connectivity index (χ0v) is 18.4. The topological polar surface area (TPSA) is 76.4 Å². The predicted molar refractivity (Wildman–Crippen MR) is 117 cm³/mol. The summed E-state index contributed by atoms with van der Waals surface area (Å²) in [4.78, 5) is 30.6. The summed E-state index contributed by atoms with van der Waals surface area (Å²) in [6, 6.07) is 6.61. The molecule has 162 valence electrons. The minimum Gasteiger partial charge on any atom is -0.342 e. The SMILES string of the molecule is N#C[C@@H]1CCCN1C(=O)CN[C@H]1CC[C@H](C(=O)N2CCC(c3cccs3)CC2)CC1. The van der Waals surface area contributed by atoms with Crippen LogP contribution in [-0.4, -0.2) is 59.9 Å². The highest BCUT2D eigenvalue weighted by molar-refractivity contribution is 7.10. The van der Waals surface area contributed by atoms with Gasteiger partial charge in [0.2, 0.25) is 11.8 Å². The standard InChI is InChI=1S/C23H32N4O2S/c24-15-20-3-1-11-27(20)22(28)16-25-19-7-5-18(6-8-19)23(29)26-12-9-17(10-13-26)21-4-2-14-30-21/h2,4,14,17-20,25H,1,3,5-13,16H2/t18-,19-,20-/m0/s1. The van der Waals surface area contributed by atoms with Gasteiger partial charge in [0.1, 0.15) is 6.04 Å². The molecule has 1 aromatic rings. The van der Waals surface area contributed by atoms with E-state index in [-0.39, 0.29) is 17.9 Å². The van der Waals surface area contributed by atoms with Crippen molar-refractivity contribution in [2.24, 2.45) is 5.92 Å². The molecule has 2 aliphatic heterocycles. The Morgan fingerprint density at radius 2 is 1.87 bits per heavy atom. The molecule has 3 heterocycles. The smallest absolute Gasteiger partial charge is 0.237 e. The largest absolute Gasteiger partial charge is 0.342 e. The van der Waals surface area contributed by atoms with E-state index in [4.69, 9.17) is 5.26 Å². The maximum Gasteiger partial charge on any atom is 0.237 e.